The van der Waals surface area contributed by atoms with Crippen LogP contribution in [0.4, 0.5) is 11.5 Å². The van der Waals surface area contributed by atoms with Crippen LogP contribution in [0.15, 0.2) is 29.2 Å². The second-order valence-electron chi connectivity index (χ2n) is 3.95. The summed E-state index contributed by atoms with van der Waals surface area (Å²) < 4.78 is 33.1. The molecule has 19 heavy (non-hydrogen) atoms. The number of hydrogen-bond acceptors (Lipinski definition) is 5. The van der Waals surface area contributed by atoms with Crippen molar-refractivity contribution in [1.82, 2.24) is 9.78 Å². The van der Waals surface area contributed by atoms with Crippen molar-refractivity contribution in [2.45, 2.75) is 18.2 Å². The predicted molar refractivity (Wildman–Crippen MR) is 71.6 cm³/mol. The molecule has 0 radical (unpaired) electrons. The maximum Gasteiger partial charge on any atom is 0.296 e. The SMILES string of the molecule is CCc1nn(-c2ccccc2S(=O)(=O)O)c(N)c1N. The molecule has 0 atom stereocenters. The van der Waals surface area contributed by atoms with Crippen LogP contribution in [0, 0.1) is 0 Å². The van der Waals surface area contributed by atoms with Crippen LogP contribution in [0.5, 0.6) is 0 Å². The van der Waals surface area contributed by atoms with Gasteiger partial charge in [-0.2, -0.15) is 13.5 Å². The van der Waals surface area contributed by atoms with Gasteiger partial charge in [0, 0.05) is 0 Å². The molecule has 2 rings (SSSR count). The van der Waals surface area contributed by atoms with Gasteiger partial charge in [0.25, 0.3) is 10.1 Å². The first-order valence-electron chi connectivity index (χ1n) is 5.56. The molecule has 0 aliphatic rings. The highest BCUT2D eigenvalue weighted by atomic mass is 32.2. The van der Waals surface area contributed by atoms with Crippen molar-refractivity contribution in [3.8, 4) is 5.69 Å². The highest BCUT2D eigenvalue weighted by Crippen LogP contribution is 2.27. The number of aromatic nitrogens is 2. The second kappa shape index (κ2) is 4.56. The first-order valence-corrected chi connectivity index (χ1v) is 7.00. The average Bonchev–Trinajstić information content (AvgIpc) is 2.65. The Morgan fingerprint density at radius 1 is 1.32 bits per heavy atom. The zero-order chi connectivity index (χ0) is 14.2. The van der Waals surface area contributed by atoms with E-state index in [4.69, 9.17) is 11.5 Å². The summed E-state index contributed by atoms with van der Waals surface area (Å²) in [6.07, 6.45) is 0.567. The topological polar surface area (TPSA) is 124 Å². The van der Waals surface area contributed by atoms with Crippen molar-refractivity contribution in [2.75, 3.05) is 11.5 Å². The summed E-state index contributed by atoms with van der Waals surface area (Å²) in [5, 5.41) is 4.16. The zero-order valence-electron chi connectivity index (χ0n) is 10.2. The first-order chi connectivity index (χ1) is 8.86. The fraction of sp³-hybridized carbons (Fsp3) is 0.182. The third kappa shape index (κ3) is 2.27. The molecule has 0 amide bonds. The van der Waals surface area contributed by atoms with Crippen molar-refractivity contribution in [1.29, 1.82) is 0 Å². The van der Waals surface area contributed by atoms with Crippen molar-refractivity contribution < 1.29 is 13.0 Å². The van der Waals surface area contributed by atoms with Gasteiger partial charge in [0.15, 0.2) is 5.82 Å². The summed E-state index contributed by atoms with van der Waals surface area (Å²) in [6, 6.07) is 5.88. The van der Waals surface area contributed by atoms with Crippen molar-refractivity contribution in [3.63, 3.8) is 0 Å². The van der Waals surface area contributed by atoms with E-state index < -0.39 is 10.1 Å². The smallest absolute Gasteiger partial charge is 0.296 e. The molecular weight excluding hydrogens is 268 g/mol. The van der Waals surface area contributed by atoms with Crippen LogP contribution in [0.2, 0.25) is 0 Å². The maximum atomic E-state index is 11.3. The number of rotatable bonds is 3. The molecule has 1 aromatic heterocycles. The van der Waals surface area contributed by atoms with E-state index in [2.05, 4.69) is 5.10 Å². The number of nitrogens with two attached hydrogens (primary N) is 2. The van der Waals surface area contributed by atoms with Gasteiger partial charge < -0.3 is 11.5 Å². The second-order valence-corrected chi connectivity index (χ2v) is 5.34. The Morgan fingerprint density at radius 2 is 1.95 bits per heavy atom. The van der Waals surface area contributed by atoms with Crippen LogP contribution in [-0.4, -0.2) is 22.8 Å². The lowest BCUT2D eigenvalue weighted by molar-refractivity contribution is 0.482. The zero-order valence-corrected chi connectivity index (χ0v) is 11.1. The molecule has 7 nitrogen and oxygen atoms in total. The van der Waals surface area contributed by atoms with Gasteiger partial charge >= 0.3 is 0 Å². The highest BCUT2D eigenvalue weighted by molar-refractivity contribution is 7.86. The molecule has 0 aliphatic carbocycles. The Hall–Kier alpha value is -2.06. The number of aryl methyl sites for hydroxylation is 1. The van der Waals surface area contributed by atoms with E-state index in [0.717, 1.165) is 0 Å². The number of para-hydroxylation sites is 1. The van der Waals surface area contributed by atoms with E-state index in [1.807, 2.05) is 6.92 Å². The fourth-order valence-electron chi connectivity index (χ4n) is 1.79. The van der Waals surface area contributed by atoms with Gasteiger partial charge in [0.1, 0.15) is 4.90 Å². The molecule has 1 heterocycles. The molecule has 0 saturated heterocycles. The van der Waals surface area contributed by atoms with Crippen LogP contribution < -0.4 is 11.5 Å². The minimum absolute atomic E-state index is 0.146. The molecule has 0 bridgehead atoms. The maximum absolute atomic E-state index is 11.3. The van der Waals surface area contributed by atoms with Gasteiger partial charge in [-0.3, -0.25) is 4.55 Å². The van der Waals surface area contributed by atoms with Gasteiger partial charge in [0.2, 0.25) is 0 Å². The summed E-state index contributed by atoms with van der Waals surface area (Å²) in [4.78, 5) is -0.271. The average molecular weight is 282 g/mol. The summed E-state index contributed by atoms with van der Waals surface area (Å²) >= 11 is 0. The van der Waals surface area contributed by atoms with Crippen molar-refractivity contribution >= 4 is 21.6 Å². The molecule has 0 spiro atoms. The summed E-state index contributed by atoms with van der Waals surface area (Å²) in [5.74, 6) is 0.146. The van der Waals surface area contributed by atoms with E-state index >= 15 is 0 Å². The van der Waals surface area contributed by atoms with Gasteiger partial charge in [-0.25, -0.2) is 4.68 Å². The van der Waals surface area contributed by atoms with Crippen molar-refractivity contribution in [3.05, 3.63) is 30.0 Å². The highest BCUT2D eigenvalue weighted by Gasteiger charge is 2.20. The lowest BCUT2D eigenvalue weighted by atomic mass is 10.3. The summed E-state index contributed by atoms with van der Waals surface area (Å²) in [5.41, 5.74) is 12.7. The number of nitrogens with zero attached hydrogens (tertiary/aromatic N) is 2. The van der Waals surface area contributed by atoms with E-state index in [1.165, 1.54) is 22.9 Å². The van der Waals surface area contributed by atoms with E-state index in [0.29, 0.717) is 17.8 Å². The largest absolute Gasteiger partial charge is 0.394 e. The molecule has 0 fully saturated rings. The minimum Gasteiger partial charge on any atom is -0.394 e. The molecule has 0 saturated carbocycles. The van der Waals surface area contributed by atoms with Crippen LogP contribution in [0.3, 0.4) is 0 Å². The lowest BCUT2D eigenvalue weighted by Crippen LogP contribution is -2.09. The third-order valence-corrected chi connectivity index (χ3v) is 3.64. The minimum atomic E-state index is -4.37. The van der Waals surface area contributed by atoms with Gasteiger partial charge in [-0.1, -0.05) is 19.1 Å². The summed E-state index contributed by atoms with van der Waals surface area (Å²) in [7, 11) is -4.37. The van der Waals surface area contributed by atoms with E-state index in [-0.39, 0.29) is 16.4 Å². The Bertz CT molecular complexity index is 722. The quantitative estimate of drug-likeness (QED) is 0.717. The third-order valence-electron chi connectivity index (χ3n) is 2.74. The van der Waals surface area contributed by atoms with Crippen LogP contribution in [-0.2, 0) is 16.5 Å². The summed E-state index contributed by atoms with van der Waals surface area (Å²) in [6.45, 7) is 1.86. The van der Waals surface area contributed by atoms with Crippen LogP contribution >= 0.6 is 0 Å². The molecule has 2 aromatic rings. The number of hydrogen-bond donors (Lipinski definition) is 3. The monoisotopic (exact) mass is 282 g/mol. The predicted octanol–water partition coefficient (Wildman–Crippen LogP) is 0.846. The lowest BCUT2D eigenvalue weighted by Gasteiger charge is -2.08. The molecular formula is C11H14N4O3S. The fourth-order valence-corrected chi connectivity index (χ4v) is 2.45. The number of anilines is 2. The standard InChI is InChI=1S/C11H14N4O3S/c1-2-7-10(12)11(13)15(14-7)8-5-3-4-6-9(8)19(16,17)18/h3-6H,2,12-13H2,1H3,(H,16,17,18). The van der Waals surface area contributed by atoms with E-state index in [9.17, 15) is 13.0 Å². The van der Waals surface area contributed by atoms with Crippen molar-refractivity contribution in [2.24, 2.45) is 0 Å². The molecule has 102 valence electrons. The van der Waals surface area contributed by atoms with Gasteiger partial charge in [0.05, 0.1) is 17.1 Å². The Morgan fingerprint density at radius 3 is 2.47 bits per heavy atom. The Labute approximate surface area is 110 Å². The first kappa shape index (κ1) is 13.4. The van der Waals surface area contributed by atoms with E-state index in [1.54, 1.807) is 6.07 Å². The molecule has 8 heteroatoms. The van der Waals surface area contributed by atoms with Crippen LogP contribution in [0.1, 0.15) is 12.6 Å². The molecule has 0 aliphatic heterocycles. The Kier molecular flexibility index (Phi) is 3.21. The van der Waals surface area contributed by atoms with Gasteiger partial charge in [-0.15, -0.1) is 0 Å². The van der Waals surface area contributed by atoms with Crippen LogP contribution in [0.25, 0.3) is 5.69 Å². The normalized spacial score (nSPS) is 11.7. The molecule has 5 N–H and O–H groups in total. The molecule has 0 unspecified atom stereocenters. The number of benzene rings is 1. The Balaban J connectivity index is 2.74. The molecule has 1 aromatic carbocycles. The van der Waals surface area contributed by atoms with Gasteiger partial charge in [-0.05, 0) is 18.6 Å². The number of nitrogen functional groups attached to an aromatic ring is 2.